The van der Waals surface area contributed by atoms with E-state index in [-0.39, 0.29) is 4.90 Å². The molecule has 0 bridgehead atoms. The molecule has 3 rings (SSSR count). The highest BCUT2D eigenvalue weighted by Gasteiger charge is 2.22. The fourth-order valence-electron chi connectivity index (χ4n) is 3.00. The summed E-state index contributed by atoms with van der Waals surface area (Å²) in [4.78, 5) is 2.23. The van der Waals surface area contributed by atoms with E-state index in [2.05, 4.69) is 9.82 Å². The number of aryl methyl sites for hydroxylation is 2. The van der Waals surface area contributed by atoms with E-state index in [0.717, 1.165) is 16.8 Å². The average molecular weight is 358 g/mol. The standard InChI is InChI=1S/C18H22N4O2S/c1-12-18(13(2)22(5)19-12)20-25(23,24)17-11-7-8-14-15(17)9-6-10-16(14)21(3)4/h6-11,20H,1-5H3. The molecule has 0 unspecified atom stereocenters. The van der Waals surface area contributed by atoms with Crippen LogP contribution in [0.3, 0.4) is 0 Å². The number of hydrogen-bond donors (Lipinski definition) is 1. The molecule has 0 saturated carbocycles. The zero-order valence-electron chi connectivity index (χ0n) is 15.0. The molecule has 0 aliphatic rings. The van der Waals surface area contributed by atoms with Gasteiger partial charge in [-0.2, -0.15) is 5.10 Å². The molecule has 1 heterocycles. The number of aromatic nitrogens is 2. The van der Waals surface area contributed by atoms with Crippen molar-refractivity contribution in [1.82, 2.24) is 9.78 Å². The molecular weight excluding hydrogens is 336 g/mol. The third-order valence-corrected chi connectivity index (χ3v) is 5.78. The molecule has 0 radical (unpaired) electrons. The Morgan fingerprint density at radius 2 is 1.68 bits per heavy atom. The van der Waals surface area contributed by atoms with Crippen molar-refractivity contribution in [2.24, 2.45) is 7.05 Å². The molecule has 1 aromatic heterocycles. The summed E-state index contributed by atoms with van der Waals surface area (Å²) in [5, 5.41) is 5.86. The van der Waals surface area contributed by atoms with E-state index in [4.69, 9.17) is 0 Å². The predicted molar refractivity (Wildman–Crippen MR) is 102 cm³/mol. The third kappa shape index (κ3) is 2.95. The van der Waals surface area contributed by atoms with E-state index in [9.17, 15) is 8.42 Å². The molecule has 0 saturated heterocycles. The molecule has 25 heavy (non-hydrogen) atoms. The van der Waals surface area contributed by atoms with Gasteiger partial charge in [-0.25, -0.2) is 8.42 Å². The quantitative estimate of drug-likeness (QED) is 0.778. The van der Waals surface area contributed by atoms with Crippen molar-refractivity contribution >= 4 is 32.2 Å². The smallest absolute Gasteiger partial charge is 0.262 e. The Balaban J connectivity index is 2.17. The summed E-state index contributed by atoms with van der Waals surface area (Å²) >= 11 is 0. The Kier molecular flexibility index (Phi) is 4.20. The molecule has 0 aliphatic heterocycles. The van der Waals surface area contributed by atoms with E-state index < -0.39 is 10.0 Å². The Morgan fingerprint density at radius 1 is 1.04 bits per heavy atom. The Labute approximate surface area is 148 Å². The van der Waals surface area contributed by atoms with Crippen LogP contribution in [0.2, 0.25) is 0 Å². The number of nitrogens with zero attached hydrogens (tertiary/aromatic N) is 3. The first-order valence-electron chi connectivity index (χ1n) is 7.94. The second-order valence-corrected chi connectivity index (χ2v) is 7.95. The van der Waals surface area contributed by atoms with E-state index in [1.165, 1.54) is 0 Å². The molecule has 7 heteroatoms. The molecule has 0 aliphatic carbocycles. The summed E-state index contributed by atoms with van der Waals surface area (Å²) in [6, 6.07) is 11.0. The lowest BCUT2D eigenvalue weighted by molar-refractivity contribution is 0.602. The van der Waals surface area contributed by atoms with Crippen molar-refractivity contribution in [2.45, 2.75) is 18.7 Å². The Morgan fingerprint density at radius 3 is 2.28 bits per heavy atom. The van der Waals surface area contributed by atoms with Crippen molar-refractivity contribution < 1.29 is 8.42 Å². The fourth-order valence-corrected chi connectivity index (χ4v) is 4.40. The minimum Gasteiger partial charge on any atom is -0.377 e. The van der Waals surface area contributed by atoms with E-state index >= 15 is 0 Å². The van der Waals surface area contributed by atoms with Crippen molar-refractivity contribution in [2.75, 3.05) is 23.7 Å². The van der Waals surface area contributed by atoms with E-state index in [1.807, 2.05) is 50.2 Å². The molecule has 0 spiro atoms. The van der Waals surface area contributed by atoms with Gasteiger partial charge in [0.1, 0.15) is 0 Å². The molecule has 1 N–H and O–H groups in total. The van der Waals surface area contributed by atoms with Crippen molar-refractivity contribution in [1.29, 1.82) is 0 Å². The molecule has 0 amide bonds. The predicted octanol–water partition coefficient (Wildman–Crippen LogP) is 3.06. The first-order valence-corrected chi connectivity index (χ1v) is 9.43. The SMILES string of the molecule is Cc1nn(C)c(C)c1NS(=O)(=O)c1cccc2c(N(C)C)cccc12. The molecule has 0 fully saturated rings. The number of hydrogen-bond acceptors (Lipinski definition) is 4. The lowest BCUT2D eigenvalue weighted by Gasteiger charge is -2.17. The van der Waals surface area contributed by atoms with Gasteiger partial charge in [-0.1, -0.05) is 24.3 Å². The number of rotatable bonds is 4. The maximum atomic E-state index is 13.0. The third-order valence-electron chi connectivity index (χ3n) is 4.38. The van der Waals surface area contributed by atoms with E-state index in [0.29, 0.717) is 16.8 Å². The lowest BCUT2D eigenvalue weighted by atomic mass is 10.1. The number of fused-ring (bicyclic) bond motifs is 1. The maximum Gasteiger partial charge on any atom is 0.262 e. The van der Waals surface area contributed by atoms with E-state index in [1.54, 1.807) is 30.8 Å². The molecule has 0 atom stereocenters. The fraction of sp³-hybridized carbons (Fsp3) is 0.278. The highest BCUT2D eigenvalue weighted by molar-refractivity contribution is 7.93. The second-order valence-electron chi connectivity index (χ2n) is 6.30. The van der Waals surface area contributed by atoms with Gasteiger partial charge in [0.25, 0.3) is 10.0 Å². The molecule has 6 nitrogen and oxygen atoms in total. The largest absolute Gasteiger partial charge is 0.377 e. The van der Waals surface area contributed by atoms with Gasteiger partial charge in [0.05, 0.1) is 22.0 Å². The summed E-state index contributed by atoms with van der Waals surface area (Å²) in [5.41, 5.74) is 2.93. The summed E-state index contributed by atoms with van der Waals surface area (Å²) in [7, 11) is 1.94. The van der Waals surface area contributed by atoms with Gasteiger partial charge in [-0.15, -0.1) is 0 Å². The van der Waals surface area contributed by atoms with Crippen LogP contribution in [-0.2, 0) is 17.1 Å². The normalized spacial score (nSPS) is 11.7. The highest BCUT2D eigenvalue weighted by Crippen LogP contribution is 2.31. The summed E-state index contributed by atoms with van der Waals surface area (Å²) < 4.78 is 30.5. The van der Waals surface area contributed by atoms with Crippen LogP contribution in [0.1, 0.15) is 11.4 Å². The van der Waals surface area contributed by atoms with Crippen molar-refractivity contribution in [3.8, 4) is 0 Å². The minimum atomic E-state index is -3.74. The van der Waals surface area contributed by atoms with Crippen LogP contribution in [0.25, 0.3) is 10.8 Å². The minimum absolute atomic E-state index is 0.261. The van der Waals surface area contributed by atoms with Gasteiger partial charge in [0.15, 0.2) is 0 Å². The van der Waals surface area contributed by atoms with Crippen LogP contribution in [-0.4, -0.2) is 32.3 Å². The highest BCUT2D eigenvalue weighted by atomic mass is 32.2. The number of nitrogens with one attached hydrogen (secondary N) is 1. The summed E-state index contributed by atoms with van der Waals surface area (Å²) in [6.07, 6.45) is 0. The lowest BCUT2D eigenvalue weighted by Crippen LogP contribution is -2.15. The average Bonchev–Trinajstić information content (AvgIpc) is 2.79. The molecule has 2 aromatic carbocycles. The van der Waals surface area contributed by atoms with Gasteiger partial charge in [0, 0.05) is 37.6 Å². The summed E-state index contributed by atoms with van der Waals surface area (Å²) in [6.45, 7) is 3.63. The summed E-state index contributed by atoms with van der Waals surface area (Å²) in [5.74, 6) is 0. The number of benzene rings is 2. The van der Waals surface area contributed by atoms with Gasteiger partial charge in [0.2, 0.25) is 0 Å². The monoisotopic (exact) mass is 358 g/mol. The van der Waals surface area contributed by atoms with Gasteiger partial charge in [-0.05, 0) is 26.0 Å². The maximum absolute atomic E-state index is 13.0. The second kappa shape index (κ2) is 6.07. The number of sulfonamides is 1. The molecular formula is C18H22N4O2S. The molecule has 132 valence electrons. The zero-order chi connectivity index (χ0) is 18.4. The van der Waals surface area contributed by atoms with Gasteiger partial charge >= 0.3 is 0 Å². The van der Waals surface area contributed by atoms with Crippen molar-refractivity contribution in [3.05, 3.63) is 47.8 Å². The van der Waals surface area contributed by atoms with Crippen LogP contribution in [0.4, 0.5) is 11.4 Å². The van der Waals surface area contributed by atoms with Gasteiger partial charge in [-0.3, -0.25) is 9.40 Å². The molecule has 3 aromatic rings. The van der Waals surface area contributed by atoms with Crippen LogP contribution in [0.15, 0.2) is 41.3 Å². The van der Waals surface area contributed by atoms with Crippen LogP contribution in [0, 0.1) is 13.8 Å². The topological polar surface area (TPSA) is 67.2 Å². The van der Waals surface area contributed by atoms with Crippen LogP contribution >= 0.6 is 0 Å². The van der Waals surface area contributed by atoms with Gasteiger partial charge < -0.3 is 4.90 Å². The Hall–Kier alpha value is -2.54. The van der Waals surface area contributed by atoms with Crippen LogP contribution < -0.4 is 9.62 Å². The zero-order valence-corrected chi connectivity index (χ0v) is 15.8. The Bertz CT molecular complexity index is 1050. The van der Waals surface area contributed by atoms with Crippen LogP contribution in [0.5, 0.6) is 0 Å². The first kappa shape index (κ1) is 17.3. The number of anilines is 2. The van der Waals surface area contributed by atoms with Crippen molar-refractivity contribution in [3.63, 3.8) is 0 Å². The first-order chi connectivity index (χ1) is 11.7.